The van der Waals surface area contributed by atoms with Gasteiger partial charge in [0.15, 0.2) is 0 Å². The molecule has 1 saturated carbocycles. The maximum Gasteiger partial charge on any atom is 0.408 e. The molecule has 0 unspecified atom stereocenters. The van der Waals surface area contributed by atoms with Crippen LogP contribution < -0.4 is 15.4 Å². The third-order valence-electron chi connectivity index (χ3n) is 7.14. The molecule has 3 aromatic carbocycles. The van der Waals surface area contributed by atoms with Gasteiger partial charge in [-0.1, -0.05) is 36.4 Å². The molecule has 0 aromatic heterocycles. The Morgan fingerprint density at radius 1 is 0.889 bits per heavy atom. The Labute approximate surface area is 267 Å². The van der Waals surface area contributed by atoms with Crippen LogP contribution in [0.15, 0.2) is 66.7 Å². The first-order chi connectivity index (χ1) is 21.3. The number of para-hydroxylation sites is 1. The van der Waals surface area contributed by atoms with Crippen LogP contribution in [0.4, 0.5) is 10.5 Å². The van der Waals surface area contributed by atoms with E-state index < -0.39 is 23.3 Å². The summed E-state index contributed by atoms with van der Waals surface area (Å²) in [5.74, 6) is 1.05. The van der Waals surface area contributed by atoms with Gasteiger partial charge in [-0.2, -0.15) is 0 Å². The second-order valence-corrected chi connectivity index (χ2v) is 13.7. The Morgan fingerprint density at radius 2 is 1.62 bits per heavy atom. The Bertz CT molecular complexity index is 1450. The number of aliphatic hydroxyl groups excluding tert-OH is 1. The SMILES string of the molecule is CC(C)(C)OC(=O)Cc1ccccc1OCc1cc(NCC2CC2)cc(-c2cccc([C@@H](CCO)NC(=O)OC(C)(C)C)c2)c1. The predicted octanol–water partition coefficient (Wildman–Crippen LogP) is 7.59. The third-order valence-corrected chi connectivity index (χ3v) is 7.14. The summed E-state index contributed by atoms with van der Waals surface area (Å²) in [5, 5.41) is 16.3. The fourth-order valence-electron chi connectivity index (χ4n) is 4.95. The lowest BCUT2D eigenvalue weighted by atomic mass is 9.96. The minimum atomic E-state index is -0.627. The summed E-state index contributed by atoms with van der Waals surface area (Å²) in [6.45, 7) is 12.2. The maximum absolute atomic E-state index is 12.6. The quantitative estimate of drug-likeness (QED) is 0.170. The number of amides is 1. The van der Waals surface area contributed by atoms with Crippen LogP contribution in [0.1, 0.15) is 83.5 Å². The summed E-state index contributed by atoms with van der Waals surface area (Å²) in [5.41, 5.74) is 4.41. The van der Waals surface area contributed by atoms with Gasteiger partial charge in [0.25, 0.3) is 0 Å². The van der Waals surface area contributed by atoms with Gasteiger partial charge in [0.05, 0.1) is 12.5 Å². The molecule has 242 valence electrons. The summed E-state index contributed by atoms with van der Waals surface area (Å²) in [6.07, 6.45) is 2.45. The number of hydrogen-bond acceptors (Lipinski definition) is 7. The second kappa shape index (κ2) is 14.8. The van der Waals surface area contributed by atoms with E-state index in [9.17, 15) is 14.7 Å². The van der Waals surface area contributed by atoms with Crippen LogP contribution in [-0.4, -0.2) is 41.5 Å². The van der Waals surface area contributed by atoms with E-state index >= 15 is 0 Å². The molecule has 4 rings (SSSR count). The number of aliphatic hydroxyl groups is 1. The van der Waals surface area contributed by atoms with E-state index in [0.717, 1.165) is 40.0 Å². The fraction of sp³-hybridized carbons (Fsp3) is 0.459. The van der Waals surface area contributed by atoms with Gasteiger partial charge in [0.1, 0.15) is 23.6 Å². The first-order valence-corrected chi connectivity index (χ1v) is 15.8. The Balaban J connectivity index is 1.57. The van der Waals surface area contributed by atoms with Gasteiger partial charge in [-0.3, -0.25) is 4.79 Å². The summed E-state index contributed by atoms with van der Waals surface area (Å²) < 4.78 is 17.3. The number of ether oxygens (including phenoxy) is 3. The van der Waals surface area contributed by atoms with E-state index in [1.165, 1.54) is 12.8 Å². The van der Waals surface area contributed by atoms with Crippen molar-refractivity contribution in [3.63, 3.8) is 0 Å². The number of esters is 1. The third kappa shape index (κ3) is 11.4. The average Bonchev–Trinajstić information content (AvgIpc) is 3.78. The van der Waals surface area contributed by atoms with Crippen LogP contribution in [-0.2, 0) is 27.3 Å². The van der Waals surface area contributed by atoms with Crippen LogP contribution in [0.2, 0.25) is 0 Å². The number of anilines is 1. The van der Waals surface area contributed by atoms with Gasteiger partial charge >= 0.3 is 12.1 Å². The van der Waals surface area contributed by atoms with Crippen molar-refractivity contribution in [3.05, 3.63) is 83.4 Å². The first kappa shape index (κ1) is 33.8. The molecule has 1 amide bonds. The normalized spacial score (nSPS) is 13.9. The predicted molar refractivity (Wildman–Crippen MR) is 177 cm³/mol. The van der Waals surface area contributed by atoms with Gasteiger partial charge in [-0.25, -0.2) is 4.79 Å². The number of nitrogens with one attached hydrogen (secondary N) is 2. The Morgan fingerprint density at radius 3 is 2.31 bits per heavy atom. The number of carbonyl (C=O) groups is 2. The smallest absolute Gasteiger partial charge is 0.408 e. The molecule has 3 aromatic rings. The highest BCUT2D eigenvalue weighted by Crippen LogP contribution is 2.32. The van der Waals surface area contributed by atoms with Gasteiger partial charge in [-0.05, 0) is 119 Å². The number of alkyl carbamates (subject to hydrolysis) is 1. The monoisotopic (exact) mass is 616 g/mol. The molecule has 3 N–H and O–H groups in total. The van der Waals surface area contributed by atoms with Crippen LogP contribution >= 0.6 is 0 Å². The molecule has 1 fully saturated rings. The molecule has 1 atom stereocenters. The van der Waals surface area contributed by atoms with E-state index in [2.05, 4.69) is 28.8 Å². The van der Waals surface area contributed by atoms with Crippen molar-refractivity contribution in [2.75, 3.05) is 18.5 Å². The molecule has 0 bridgehead atoms. The summed E-state index contributed by atoms with van der Waals surface area (Å²) >= 11 is 0. The summed E-state index contributed by atoms with van der Waals surface area (Å²) in [6, 6.07) is 21.4. The molecule has 1 aliphatic carbocycles. The maximum atomic E-state index is 12.6. The van der Waals surface area contributed by atoms with Gasteiger partial charge in [0.2, 0.25) is 0 Å². The number of carbonyl (C=O) groups excluding carboxylic acids is 2. The second-order valence-electron chi connectivity index (χ2n) is 13.7. The molecular formula is C37H48N2O6. The van der Waals surface area contributed by atoms with Gasteiger partial charge in [0, 0.05) is 24.4 Å². The Hall–Kier alpha value is -4.04. The zero-order valence-corrected chi connectivity index (χ0v) is 27.4. The minimum absolute atomic E-state index is 0.0812. The van der Waals surface area contributed by atoms with Gasteiger partial charge in [-0.15, -0.1) is 0 Å². The van der Waals surface area contributed by atoms with Crippen molar-refractivity contribution in [3.8, 4) is 16.9 Å². The van der Waals surface area contributed by atoms with Crippen molar-refractivity contribution in [1.29, 1.82) is 0 Å². The number of benzene rings is 3. The molecule has 8 nitrogen and oxygen atoms in total. The molecule has 0 radical (unpaired) electrons. The Kier molecular flexibility index (Phi) is 11.2. The molecular weight excluding hydrogens is 568 g/mol. The lowest BCUT2D eigenvalue weighted by Gasteiger charge is -2.24. The van der Waals surface area contributed by atoms with Crippen molar-refractivity contribution in [2.45, 2.75) is 91.1 Å². The van der Waals surface area contributed by atoms with Crippen molar-refractivity contribution < 1.29 is 28.9 Å². The summed E-state index contributed by atoms with van der Waals surface area (Å²) in [7, 11) is 0. The highest BCUT2D eigenvalue weighted by Gasteiger charge is 2.23. The lowest BCUT2D eigenvalue weighted by molar-refractivity contribution is -0.153. The largest absolute Gasteiger partial charge is 0.489 e. The van der Waals surface area contributed by atoms with Crippen molar-refractivity contribution in [2.24, 2.45) is 5.92 Å². The zero-order valence-electron chi connectivity index (χ0n) is 27.4. The highest BCUT2D eigenvalue weighted by atomic mass is 16.6. The van der Waals surface area contributed by atoms with E-state index in [1.54, 1.807) is 0 Å². The van der Waals surface area contributed by atoms with E-state index in [-0.39, 0.29) is 19.0 Å². The van der Waals surface area contributed by atoms with Gasteiger partial charge < -0.3 is 30.0 Å². The fourth-order valence-corrected chi connectivity index (χ4v) is 4.95. The van der Waals surface area contributed by atoms with Crippen LogP contribution in [0.5, 0.6) is 5.75 Å². The molecule has 0 spiro atoms. The molecule has 8 heteroatoms. The van der Waals surface area contributed by atoms with Crippen LogP contribution in [0.3, 0.4) is 0 Å². The minimum Gasteiger partial charge on any atom is -0.489 e. The standard InChI is InChI=1S/C37H48N2O6/c1-36(2,3)44-34(41)22-29-10-7-8-13-33(29)43-24-26-18-30(21-31(19-26)38-23-25-14-15-25)27-11-9-12-28(20-27)32(16-17-40)39-35(42)45-37(4,5)6/h7-13,18-21,25,32,38,40H,14-17,22-24H2,1-6H3,(H,39,42)/t32-/m1/s1. The lowest BCUT2D eigenvalue weighted by Crippen LogP contribution is -2.35. The highest BCUT2D eigenvalue weighted by molar-refractivity contribution is 5.74. The number of rotatable bonds is 13. The molecule has 0 heterocycles. The molecule has 0 saturated heterocycles. The molecule has 0 aliphatic heterocycles. The summed E-state index contributed by atoms with van der Waals surface area (Å²) in [4.78, 5) is 25.1. The van der Waals surface area contributed by atoms with Crippen molar-refractivity contribution >= 4 is 17.7 Å². The zero-order chi connectivity index (χ0) is 32.6. The van der Waals surface area contributed by atoms with E-state index in [4.69, 9.17) is 14.2 Å². The first-order valence-electron chi connectivity index (χ1n) is 15.8. The van der Waals surface area contributed by atoms with E-state index in [0.29, 0.717) is 24.7 Å². The van der Waals surface area contributed by atoms with Crippen LogP contribution in [0.25, 0.3) is 11.1 Å². The molecule has 1 aliphatic rings. The number of hydrogen-bond donors (Lipinski definition) is 3. The average molecular weight is 617 g/mol. The van der Waals surface area contributed by atoms with Crippen LogP contribution in [0, 0.1) is 5.92 Å². The topological polar surface area (TPSA) is 106 Å². The molecule has 45 heavy (non-hydrogen) atoms. The van der Waals surface area contributed by atoms with E-state index in [1.807, 2.05) is 90.1 Å². The van der Waals surface area contributed by atoms with Crippen molar-refractivity contribution in [1.82, 2.24) is 5.32 Å².